The third-order valence-corrected chi connectivity index (χ3v) is 9.43. The standard InChI is InChI=1S/C28H29Cl4N3O4S/c1-3-16-33-28(37)24(4-2)34(17-20-21(29)12-8-13-22(20)30)26(36)18-35(25-15-9-14-23(31)27(25)32)40(38,39)19-10-6-5-7-11-19/h5-15,24H,3-4,16-18H2,1-2H3,(H,33,37). The second kappa shape index (κ2) is 14.4. The summed E-state index contributed by atoms with van der Waals surface area (Å²) in [5.74, 6) is -1.04. The molecule has 1 unspecified atom stereocenters. The number of carbonyl (C=O) groups is 2. The van der Waals surface area contributed by atoms with Crippen LogP contribution in [0.5, 0.6) is 0 Å². The third-order valence-electron chi connectivity index (χ3n) is 6.14. The van der Waals surface area contributed by atoms with Crippen molar-refractivity contribution in [3.05, 3.63) is 92.4 Å². The van der Waals surface area contributed by atoms with Crippen LogP contribution in [-0.2, 0) is 26.2 Å². The molecule has 214 valence electrons. The van der Waals surface area contributed by atoms with Gasteiger partial charge in [0.25, 0.3) is 10.0 Å². The molecule has 3 aromatic carbocycles. The summed E-state index contributed by atoms with van der Waals surface area (Å²) >= 11 is 25.5. The van der Waals surface area contributed by atoms with Crippen LogP contribution in [0.15, 0.2) is 71.6 Å². The van der Waals surface area contributed by atoms with Gasteiger partial charge in [0.15, 0.2) is 0 Å². The minimum Gasteiger partial charge on any atom is -0.354 e. The number of hydrogen-bond acceptors (Lipinski definition) is 4. The van der Waals surface area contributed by atoms with Crippen LogP contribution in [-0.4, -0.2) is 44.3 Å². The predicted molar refractivity (Wildman–Crippen MR) is 162 cm³/mol. The first kappa shape index (κ1) is 32.0. The summed E-state index contributed by atoms with van der Waals surface area (Å²) in [4.78, 5) is 28.5. The molecule has 7 nitrogen and oxygen atoms in total. The number of nitrogens with zero attached hydrogens (tertiary/aromatic N) is 2. The van der Waals surface area contributed by atoms with Crippen LogP contribution in [0.4, 0.5) is 5.69 Å². The number of benzene rings is 3. The molecule has 0 saturated carbocycles. The van der Waals surface area contributed by atoms with Crippen molar-refractivity contribution >= 4 is 73.9 Å². The minimum atomic E-state index is -4.29. The summed E-state index contributed by atoms with van der Waals surface area (Å²) < 4.78 is 28.6. The topological polar surface area (TPSA) is 86.8 Å². The first-order chi connectivity index (χ1) is 19.0. The van der Waals surface area contributed by atoms with E-state index in [9.17, 15) is 18.0 Å². The Labute approximate surface area is 255 Å². The quantitative estimate of drug-likeness (QED) is 0.234. The minimum absolute atomic E-state index is 0.0191. The van der Waals surface area contributed by atoms with Crippen LogP contribution in [0.1, 0.15) is 32.3 Å². The fourth-order valence-corrected chi connectivity index (χ4v) is 6.47. The molecule has 1 atom stereocenters. The molecule has 0 aliphatic carbocycles. The molecule has 0 radical (unpaired) electrons. The van der Waals surface area contributed by atoms with Gasteiger partial charge in [-0.15, -0.1) is 0 Å². The van der Waals surface area contributed by atoms with Gasteiger partial charge in [-0.05, 0) is 49.2 Å². The van der Waals surface area contributed by atoms with Crippen molar-refractivity contribution in [1.29, 1.82) is 0 Å². The number of hydrogen-bond donors (Lipinski definition) is 1. The van der Waals surface area contributed by atoms with Crippen molar-refractivity contribution in [3.8, 4) is 0 Å². The normalized spacial score (nSPS) is 12.1. The summed E-state index contributed by atoms with van der Waals surface area (Å²) in [7, 11) is -4.29. The zero-order valence-electron chi connectivity index (χ0n) is 21.9. The molecule has 0 aliphatic rings. The second-order valence-electron chi connectivity index (χ2n) is 8.83. The number of sulfonamides is 1. The van der Waals surface area contributed by atoms with Crippen LogP contribution in [0, 0.1) is 0 Å². The number of carbonyl (C=O) groups excluding carboxylic acids is 2. The molecule has 0 saturated heterocycles. The van der Waals surface area contributed by atoms with Crippen molar-refractivity contribution < 1.29 is 18.0 Å². The fraction of sp³-hybridized carbons (Fsp3) is 0.286. The fourth-order valence-electron chi connectivity index (χ4n) is 4.06. The van der Waals surface area contributed by atoms with Crippen molar-refractivity contribution in [2.45, 2.75) is 44.2 Å². The van der Waals surface area contributed by atoms with E-state index < -0.39 is 28.5 Å². The van der Waals surface area contributed by atoms with Gasteiger partial charge in [0.2, 0.25) is 11.8 Å². The maximum atomic E-state index is 14.1. The van der Waals surface area contributed by atoms with Crippen LogP contribution in [0.2, 0.25) is 20.1 Å². The SMILES string of the molecule is CCCNC(=O)C(CC)N(Cc1c(Cl)cccc1Cl)C(=O)CN(c1cccc(Cl)c1Cl)S(=O)(=O)c1ccccc1. The molecule has 0 aromatic heterocycles. The Kier molecular flexibility index (Phi) is 11.5. The van der Waals surface area contributed by atoms with Gasteiger partial charge in [-0.1, -0.05) is 90.6 Å². The average Bonchev–Trinajstić information content (AvgIpc) is 2.94. The number of nitrogens with one attached hydrogen (secondary N) is 1. The van der Waals surface area contributed by atoms with E-state index in [1.165, 1.54) is 35.2 Å². The van der Waals surface area contributed by atoms with Gasteiger partial charge < -0.3 is 10.2 Å². The van der Waals surface area contributed by atoms with E-state index in [4.69, 9.17) is 46.4 Å². The molecule has 12 heteroatoms. The van der Waals surface area contributed by atoms with Crippen LogP contribution in [0.25, 0.3) is 0 Å². The van der Waals surface area contributed by atoms with Gasteiger partial charge >= 0.3 is 0 Å². The lowest BCUT2D eigenvalue weighted by Gasteiger charge is -2.33. The van der Waals surface area contributed by atoms with Gasteiger partial charge in [0.05, 0.1) is 20.6 Å². The largest absolute Gasteiger partial charge is 0.354 e. The van der Waals surface area contributed by atoms with Crippen LogP contribution in [0.3, 0.4) is 0 Å². The van der Waals surface area contributed by atoms with Gasteiger partial charge in [0, 0.05) is 28.7 Å². The van der Waals surface area contributed by atoms with E-state index in [0.717, 1.165) is 4.31 Å². The Balaban J connectivity index is 2.12. The third kappa shape index (κ3) is 7.42. The second-order valence-corrected chi connectivity index (χ2v) is 12.3. The molecule has 0 spiro atoms. The van der Waals surface area contributed by atoms with E-state index in [2.05, 4.69) is 5.32 Å². The lowest BCUT2D eigenvalue weighted by Crippen LogP contribution is -2.52. The number of halogens is 4. The lowest BCUT2D eigenvalue weighted by atomic mass is 10.1. The Morgan fingerprint density at radius 1 is 0.850 bits per heavy atom. The monoisotopic (exact) mass is 643 g/mol. The van der Waals surface area contributed by atoms with Gasteiger partial charge in [-0.25, -0.2) is 8.42 Å². The highest BCUT2D eigenvalue weighted by atomic mass is 35.5. The highest BCUT2D eigenvalue weighted by molar-refractivity contribution is 7.92. The summed E-state index contributed by atoms with van der Waals surface area (Å²) in [6.45, 7) is 3.29. The summed E-state index contributed by atoms with van der Waals surface area (Å²) in [6.07, 6.45) is 0.954. The molecule has 1 N–H and O–H groups in total. The zero-order chi connectivity index (χ0) is 29.4. The smallest absolute Gasteiger partial charge is 0.264 e. The first-order valence-electron chi connectivity index (χ1n) is 12.5. The number of rotatable bonds is 12. The predicted octanol–water partition coefficient (Wildman–Crippen LogP) is 6.83. The van der Waals surface area contributed by atoms with Crippen molar-refractivity contribution in [3.63, 3.8) is 0 Å². The molecule has 0 bridgehead atoms. The van der Waals surface area contributed by atoms with Crippen molar-refractivity contribution in [2.75, 3.05) is 17.4 Å². The molecular weight excluding hydrogens is 616 g/mol. The Bertz CT molecular complexity index is 1430. The summed E-state index contributed by atoms with van der Waals surface area (Å²) in [6, 6.07) is 16.2. The molecule has 0 aliphatic heterocycles. The maximum absolute atomic E-state index is 14.1. The molecule has 0 heterocycles. The average molecular weight is 645 g/mol. The Morgan fingerprint density at radius 3 is 2.05 bits per heavy atom. The maximum Gasteiger partial charge on any atom is 0.264 e. The summed E-state index contributed by atoms with van der Waals surface area (Å²) in [5.41, 5.74) is 0.449. The molecule has 3 aromatic rings. The molecule has 3 rings (SSSR count). The number of anilines is 1. The first-order valence-corrected chi connectivity index (χ1v) is 15.5. The van der Waals surface area contributed by atoms with E-state index in [1.54, 1.807) is 43.3 Å². The highest BCUT2D eigenvalue weighted by Crippen LogP contribution is 2.36. The molecule has 2 amide bonds. The van der Waals surface area contributed by atoms with Gasteiger partial charge in [-0.3, -0.25) is 13.9 Å². The van der Waals surface area contributed by atoms with E-state index in [1.807, 2.05) is 6.92 Å². The Hall–Kier alpha value is -2.49. The van der Waals surface area contributed by atoms with Crippen LogP contribution < -0.4 is 9.62 Å². The van der Waals surface area contributed by atoms with Crippen molar-refractivity contribution in [1.82, 2.24) is 10.2 Å². The molecular formula is C28H29Cl4N3O4S. The summed E-state index contributed by atoms with van der Waals surface area (Å²) in [5, 5.41) is 3.51. The number of amides is 2. The van der Waals surface area contributed by atoms with Gasteiger partial charge in [0.1, 0.15) is 12.6 Å². The molecule has 0 fully saturated rings. The Morgan fingerprint density at radius 2 is 1.45 bits per heavy atom. The van der Waals surface area contributed by atoms with Crippen LogP contribution >= 0.6 is 46.4 Å². The zero-order valence-corrected chi connectivity index (χ0v) is 25.8. The van der Waals surface area contributed by atoms with Crippen molar-refractivity contribution in [2.24, 2.45) is 0 Å². The highest BCUT2D eigenvalue weighted by Gasteiger charge is 2.35. The van der Waals surface area contributed by atoms with E-state index in [-0.39, 0.29) is 39.5 Å². The molecule has 40 heavy (non-hydrogen) atoms. The van der Waals surface area contributed by atoms with Gasteiger partial charge in [-0.2, -0.15) is 0 Å². The van der Waals surface area contributed by atoms with E-state index >= 15 is 0 Å². The van der Waals surface area contributed by atoms with E-state index in [0.29, 0.717) is 28.6 Å². The lowest BCUT2D eigenvalue weighted by molar-refractivity contribution is -0.140.